The molecular weight excluding hydrogens is 218 g/mol. The molecule has 1 aromatic carbocycles. The fourth-order valence-corrected chi connectivity index (χ4v) is 1.95. The predicted octanol–water partition coefficient (Wildman–Crippen LogP) is 0.426. The lowest BCUT2D eigenvalue weighted by molar-refractivity contribution is 0.692. The van der Waals surface area contributed by atoms with Crippen molar-refractivity contribution in [1.29, 1.82) is 0 Å². The Labute approximate surface area is 97.6 Å². The van der Waals surface area contributed by atoms with Crippen molar-refractivity contribution in [3.8, 4) is 5.69 Å². The molecule has 0 saturated heterocycles. The number of rotatable bonds is 2. The van der Waals surface area contributed by atoms with Gasteiger partial charge in [0, 0.05) is 12.7 Å². The van der Waals surface area contributed by atoms with Crippen LogP contribution < -0.4 is 11.4 Å². The first-order valence-corrected chi connectivity index (χ1v) is 5.55. The van der Waals surface area contributed by atoms with Gasteiger partial charge in [-0.3, -0.25) is 0 Å². The van der Waals surface area contributed by atoms with Crippen LogP contribution in [0, 0.1) is 0 Å². The first-order chi connectivity index (χ1) is 8.16. The number of benzene rings is 1. The van der Waals surface area contributed by atoms with Gasteiger partial charge in [0.15, 0.2) is 0 Å². The molecule has 0 atom stereocenters. The zero-order valence-corrected chi connectivity index (χ0v) is 9.50. The van der Waals surface area contributed by atoms with Crippen molar-refractivity contribution in [2.24, 2.45) is 7.05 Å². The van der Waals surface area contributed by atoms with Crippen LogP contribution >= 0.6 is 0 Å². The minimum absolute atomic E-state index is 0.252. The molecule has 0 aliphatic heterocycles. The van der Waals surface area contributed by atoms with Gasteiger partial charge in [0.2, 0.25) is 0 Å². The maximum atomic E-state index is 11.8. The average Bonchev–Trinajstić information content (AvgIpc) is 3.08. The van der Waals surface area contributed by atoms with Crippen molar-refractivity contribution < 1.29 is 0 Å². The van der Waals surface area contributed by atoms with Gasteiger partial charge in [-0.1, -0.05) is 6.07 Å². The Morgan fingerprint density at radius 2 is 2.12 bits per heavy atom. The minimum atomic E-state index is -0.252. The summed E-state index contributed by atoms with van der Waals surface area (Å²) in [6.07, 6.45) is 2.32. The Kier molecular flexibility index (Phi) is 2.04. The Bertz CT molecular complexity index is 623. The van der Waals surface area contributed by atoms with E-state index in [1.807, 2.05) is 12.1 Å². The van der Waals surface area contributed by atoms with Crippen LogP contribution in [0.1, 0.15) is 24.3 Å². The highest BCUT2D eigenvalue weighted by Crippen LogP contribution is 2.42. The standard InChI is InChI=1S/C11H13N5O/c1-15-11(17)16(14-13-15)10-6-8(12)4-5-9(10)7-2-3-7/h4-7H,2-3,12H2,1H3. The topological polar surface area (TPSA) is 78.7 Å². The molecule has 0 unspecified atom stereocenters. The van der Waals surface area contributed by atoms with E-state index in [1.165, 1.54) is 9.36 Å². The van der Waals surface area contributed by atoms with Crippen LogP contribution in [0.4, 0.5) is 5.69 Å². The molecule has 1 aliphatic rings. The van der Waals surface area contributed by atoms with Crippen molar-refractivity contribution in [2.75, 3.05) is 5.73 Å². The Morgan fingerprint density at radius 1 is 1.35 bits per heavy atom. The van der Waals surface area contributed by atoms with Crippen LogP contribution in [0.5, 0.6) is 0 Å². The van der Waals surface area contributed by atoms with E-state index in [-0.39, 0.29) is 5.69 Å². The third-order valence-corrected chi connectivity index (χ3v) is 3.02. The number of nitrogens with zero attached hydrogens (tertiary/aromatic N) is 4. The fourth-order valence-electron chi connectivity index (χ4n) is 1.95. The highest BCUT2D eigenvalue weighted by molar-refractivity contribution is 5.54. The zero-order valence-electron chi connectivity index (χ0n) is 9.50. The maximum absolute atomic E-state index is 11.8. The molecule has 3 rings (SSSR count). The van der Waals surface area contributed by atoms with E-state index in [0.29, 0.717) is 11.6 Å². The summed E-state index contributed by atoms with van der Waals surface area (Å²) < 4.78 is 2.52. The second-order valence-corrected chi connectivity index (χ2v) is 4.39. The van der Waals surface area contributed by atoms with Crippen molar-refractivity contribution >= 4 is 5.69 Å². The molecule has 1 aliphatic carbocycles. The summed E-state index contributed by atoms with van der Waals surface area (Å²) in [5.74, 6) is 0.527. The van der Waals surface area contributed by atoms with Crippen LogP contribution in [-0.2, 0) is 7.05 Å². The number of hydrogen-bond donors (Lipinski definition) is 1. The van der Waals surface area contributed by atoms with E-state index >= 15 is 0 Å². The number of aryl methyl sites for hydroxylation is 1. The zero-order chi connectivity index (χ0) is 12.0. The molecule has 88 valence electrons. The quantitative estimate of drug-likeness (QED) is 0.760. The summed E-state index contributed by atoms with van der Waals surface area (Å²) in [6.45, 7) is 0. The molecule has 0 radical (unpaired) electrons. The van der Waals surface area contributed by atoms with E-state index in [4.69, 9.17) is 5.73 Å². The molecule has 1 fully saturated rings. The third-order valence-electron chi connectivity index (χ3n) is 3.02. The normalized spacial score (nSPS) is 15.1. The third kappa shape index (κ3) is 1.61. The number of tetrazole rings is 1. The van der Waals surface area contributed by atoms with Gasteiger partial charge >= 0.3 is 5.69 Å². The SMILES string of the molecule is Cn1nnn(-c2cc(N)ccc2C2CC2)c1=O. The Morgan fingerprint density at radius 3 is 2.71 bits per heavy atom. The lowest BCUT2D eigenvalue weighted by Crippen LogP contribution is -2.22. The Hall–Kier alpha value is -2.11. The first-order valence-electron chi connectivity index (χ1n) is 5.55. The van der Waals surface area contributed by atoms with Gasteiger partial charge in [-0.15, -0.1) is 0 Å². The second-order valence-electron chi connectivity index (χ2n) is 4.39. The largest absolute Gasteiger partial charge is 0.399 e. The average molecular weight is 231 g/mol. The monoisotopic (exact) mass is 231 g/mol. The lowest BCUT2D eigenvalue weighted by atomic mass is 10.1. The van der Waals surface area contributed by atoms with Crippen LogP contribution in [0.25, 0.3) is 5.69 Å². The molecule has 1 saturated carbocycles. The highest BCUT2D eigenvalue weighted by atomic mass is 16.2. The summed E-state index contributed by atoms with van der Waals surface area (Å²) in [5, 5.41) is 7.58. The summed E-state index contributed by atoms with van der Waals surface area (Å²) in [7, 11) is 1.58. The van der Waals surface area contributed by atoms with E-state index in [1.54, 1.807) is 13.1 Å². The molecule has 6 nitrogen and oxygen atoms in total. The molecule has 0 spiro atoms. The molecular formula is C11H13N5O. The Balaban J connectivity index is 2.22. The molecule has 2 aromatic rings. The smallest absolute Gasteiger partial charge is 0.368 e. The van der Waals surface area contributed by atoms with E-state index in [9.17, 15) is 4.79 Å². The van der Waals surface area contributed by atoms with Crippen molar-refractivity contribution in [1.82, 2.24) is 19.8 Å². The number of aromatic nitrogens is 4. The molecule has 1 heterocycles. The van der Waals surface area contributed by atoms with Crippen LogP contribution in [0.2, 0.25) is 0 Å². The van der Waals surface area contributed by atoms with Crippen molar-refractivity contribution in [2.45, 2.75) is 18.8 Å². The van der Waals surface area contributed by atoms with Gasteiger partial charge in [0.05, 0.1) is 5.69 Å². The molecule has 17 heavy (non-hydrogen) atoms. The highest BCUT2D eigenvalue weighted by Gasteiger charge is 2.27. The summed E-state index contributed by atoms with van der Waals surface area (Å²) >= 11 is 0. The molecule has 6 heteroatoms. The van der Waals surface area contributed by atoms with Crippen LogP contribution in [0.3, 0.4) is 0 Å². The van der Waals surface area contributed by atoms with Gasteiger partial charge in [0.25, 0.3) is 0 Å². The number of hydrogen-bond acceptors (Lipinski definition) is 4. The summed E-state index contributed by atoms with van der Waals surface area (Å²) in [6, 6.07) is 5.62. The number of nitrogen functional groups attached to an aromatic ring is 1. The van der Waals surface area contributed by atoms with Gasteiger partial charge in [-0.25, -0.2) is 4.79 Å². The van der Waals surface area contributed by atoms with Crippen LogP contribution in [0.15, 0.2) is 23.0 Å². The molecule has 1 aromatic heterocycles. The molecule has 0 amide bonds. The summed E-state index contributed by atoms with van der Waals surface area (Å²) in [5.41, 5.74) is 8.03. The van der Waals surface area contributed by atoms with Gasteiger partial charge in [-0.2, -0.15) is 9.36 Å². The predicted molar refractivity (Wildman–Crippen MR) is 63.0 cm³/mol. The minimum Gasteiger partial charge on any atom is -0.399 e. The fraction of sp³-hybridized carbons (Fsp3) is 0.364. The number of nitrogens with two attached hydrogens (primary N) is 1. The molecule has 0 bridgehead atoms. The van der Waals surface area contributed by atoms with Gasteiger partial charge in [0.1, 0.15) is 0 Å². The van der Waals surface area contributed by atoms with Crippen molar-refractivity contribution in [3.05, 3.63) is 34.2 Å². The van der Waals surface area contributed by atoms with E-state index in [0.717, 1.165) is 24.1 Å². The molecule has 2 N–H and O–H groups in total. The van der Waals surface area contributed by atoms with E-state index < -0.39 is 0 Å². The first kappa shape index (κ1) is 10.1. The number of anilines is 1. The maximum Gasteiger partial charge on any atom is 0.368 e. The van der Waals surface area contributed by atoms with Crippen LogP contribution in [-0.4, -0.2) is 19.8 Å². The van der Waals surface area contributed by atoms with Gasteiger partial charge < -0.3 is 5.73 Å². The van der Waals surface area contributed by atoms with Crippen molar-refractivity contribution in [3.63, 3.8) is 0 Å². The lowest BCUT2D eigenvalue weighted by Gasteiger charge is -2.07. The van der Waals surface area contributed by atoms with Gasteiger partial charge in [-0.05, 0) is 46.9 Å². The second kappa shape index (κ2) is 3.44. The summed E-state index contributed by atoms with van der Waals surface area (Å²) in [4.78, 5) is 11.8. The van der Waals surface area contributed by atoms with E-state index in [2.05, 4.69) is 10.4 Å².